The number of ketones is 2. The van der Waals surface area contributed by atoms with Crippen LogP contribution in [0.25, 0.3) is 22.1 Å². The van der Waals surface area contributed by atoms with Crippen molar-refractivity contribution in [3.8, 4) is 0 Å². The second kappa shape index (κ2) is 15.8. The van der Waals surface area contributed by atoms with E-state index in [1.54, 1.807) is 0 Å². The number of Topliss-reactive ketones (excluding diaryl/α,β-unsaturated/α-hetero) is 2. The minimum Gasteiger partial charge on any atom is -0.299 e. The van der Waals surface area contributed by atoms with Gasteiger partial charge in [0.25, 0.3) is 0 Å². The van der Waals surface area contributed by atoms with Crippen molar-refractivity contribution in [2.75, 3.05) is 0 Å². The summed E-state index contributed by atoms with van der Waals surface area (Å²) in [4.78, 5) is 40.3. The molecule has 6 aromatic rings. The van der Waals surface area contributed by atoms with Crippen LogP contribution in [0.15, 0.2) is 57.7 Å². The minimum atomic E-state index is -0.424. The summed E-state index contributed by atoms with van der Waals surface area (Å²) in [6.07, 6.45) is 5.42. The molecule has 0 aliphatic heterocycles. The average Bonchev–Trinajstić information content (AvgIpc) is 3.79. The maximum absolute atomic E-state index is 12.7. The van der Waals surface area contributed by atoms with E-state index < -0.39 is 5.92 Å². The van der Waals surface area contributed by atoms with Gasteiger partial charge in [-0.1, -0.05) is 83.3 Å². The molecule has 0 saturated heterocycles. The van der Waals surface area contributed by atoms with Crippen molar-refractivity contribution in [1.82, 2.24) is 39.5 Å². The van der Waals surface area contributed by atoms with Crippen LogP contribution in [0.3, 0.4) is 0 Å². The van der Waals surface area contributed by atoms with Crippen LogP contribution in [-0.4, -0.2) is 51.1 Å². The summed E-state index contributed by atoms with van der Waals surface area (Å²) < 4.78 is 5.67. The van der Waals surface area contributed by atoms with Crippen molar-refractivity contribution in [3.63, 3.8) is 0 Å². The molecule has 0 amide bonds. The number of fused-ring (bicyclic) bond motifs is 4. The van der Waals surface area contributed by atoms with Crippen LogP contribution in [0.5, 0.6) is 0 Å². The highest BCUT2D eigenvalue weighted by molar-refractivity contribution is 9.10. The highest BCUT2D eigenvalue weighted by Gasteiger charge is 2.35. The summed E-state index contributed by atoms with van der Waals surface area (Å²) in [5.74, 6) is 0.999. The summed E-state index contributed by atoms with van der Waals surface area (Å²) in [5, 5.41) is 10.9. The third kappa shape index (κ3) is 8.85. The van der Waals surface area contributed by atoms with Gasteiger partial charge in [0.1, 0.15) is 10.9 Å². The molecule has 2 aliphatic rings. The van der Waals surface area contributed by atoms with Gasteiger partial charge in [-0.05, 0) is 81.6 Å². The molecule has 264 valence electrons. The Morgan fingerprint density at radius 1 is 0.706 bits per heavy atom. The largest absolute Gasteiger partial charge is 0.299 e. The topological polar surface area (TPSA) is 121 Å². The smallest absolute Gasteiger partial charge is 0.225 e. The van der Waals surface area contributed by atoms with E-state index in [1.807, 2.05) is 58.2 Å². The number of carbonyl (C=O) groups excluding carboxylic acids is 2. The van der Waals surface area contributed by atoms with Crippen LogP contribution in [0.2, 0.25) is 15.7 Å². The molecule has 1 atom stereocenters. The molecule has 10 nitrogen and oxygen atoms in total. The summed E-state index contributed by atoms with van der Waals surface area (Å²) >= 11 is 24.6. The Hall–Kier alpha value is -3.29. The number of hydrogen-bond acceptors (Lipinski definition) is 8. The Balaban J connectivity index is 0.000000146. The normalized spacial score (nSPS) is 14.9. The van der Waals surface area contributed by atoms with Crippen LogP contribution in [0, 0.1) is 11.8 Å². The van der Waals surface area contributed by atoms with E-state index in [0.29, 0.717) is 59.0 Å². The first-order valence-corrected chi connectivity index (χ1v) is 19.0. The number of rotatable bonds is 5. The van der Waals surface area contributed by atoms with Crippen molar-refractivity contribution in [3.05, 3.63) is 101 Å². The van der Waals surface area contributed by atoms with Crippen molar-refractivity contribution in [2.24, 2.45) is 11.8 Å². The van der Waals surface area contributed by atoms with E-state index in [2.05, 4.69) is 89.7 Å². The van der Waals surface area contributed by atoms with Gasteiger partial charge in [0, 0.05) is 53.7 Å². The summed E-state index contributed by atoms with van der Waals surface area (Å²) in [5.41, 5.74) is 6.12. The summed E-state index contributed by atoms with van der Waals surface area (Å²) in [6.45, 7) is 10.1. The lowest BCUT2D eigenvalue weighted by Crippen LogP contribution is -2.11. The van der Waals surface area contributed by atoms with Crippen molar-refractivity contribution in [2.45, 2.75) is 66.0 Å². The fourth-order valence-electron chi connectivity index (χ4n) is 6.17. The maximum Gasteiger partial charge on any atom is 0.225 e. The highest BCUT2D eigenvalue weighted by atomic mass is 79.9. The molecule has 8 rings (SSSR count). The number of aromatic nitrogens is 8. The van der Waals surface area contributed by atoms with Crippen LogP contribution >= 0.6 is 66.7 Å². The zero-order chi connectivity index (χ0) is 36.6. The van der Waals surface area contributed by atoms with Crippen molar-refractivity contribution < 1.29 is 9.59 Å². The second-order valence-corrected chi connectivity index (χ2v) is 16.2. The fourth-order valence-corrected chi connectivity index (χ4v) is 7.55. The molecule has 0 saturated carbocycles. The number of halogens is 5. The standard InChI is InChI=1S/C18H16BrClN4O.C9H7BrO.C9H10Cl2N4/c1-9(2)7-24-8-13-16(21-18(20)22-17(13)23-24)15-12-6-11(19)4-3-10(12)5-14(15)25;10-8-2-1-6-4-9(11)5-7(6)3-8;1-5(2)3-15-4-6-7(10)12-9(11)13-8(6)14-15/h3-4,6,8-9,15H,5,7H2,1-2H3;1-3H,4-5H2;4-5H,3H2,1-2H3. The van der Waals surface area contributed by atoms with Crippen LogP contribution in [0.4, 0.5) is 0 Å². The zero-order valence-electron chi connectivity index (χ0n) is 28.2. The lowest BCUT2D eigenvalue weighted by atomic mass is 9.95. The maximum atomic E-state index is 12.7. The Morgan fingerprint density at radius 2 is 1.25 bits per heavy atom. The van der Waals surface area contributed by atoms with E-state index in [0.717, 1.165) is 43.9 Å². The molecule has 2 aliphatic carbocycles. The van der Waals surface area contributed by atoms with Gasteiger partial charge in [0.15, 0.2) is 17.1 Å². The average molecular weight is 876 g/mol. The fraction of sp³-hybridized carbons (Fsp3) is 0.333. The molecule has 0 spiro atoms. The molecule has 15 heteroatoms. The molecular weight excluding hydrogens is 843 g/mol. The first-order chi connectivity index (χ1) is 24.2. The molecule has 4 aromatic heterocycles. The Morgan fingerprint density at radius 3 is 1.90 bits per heavy atom. The van der Waals surface area contributed by atoms with Gasteiger partial charge >= 0.3 is 0 Å². The summed E-state index contributed by atoms with van der Waals surface area (Å²) in [6, 6.07) is 12.0. The van der Waals surface area contributed by atoms with E-state index >= 15 is 0 Å². The van der Waals surface area contributed by atoms with Crippen molar-refractivity contribution in [1.29, 1.82) is 0 Å². The highest BCUT2D eigenvalue weighted by Crippen LogP contribution is 2.39. The molecule has 1 unspecified atom stereocenters. The Labute approximate surface area is 326 Å². The number of nitrogens with zero attached hydrogens (tertiary/aromatic N) is 8. The monoisotopic (exact) mass is 872 g/mol. The van der Waals surface area contributed by atoms with Crippen LogP contribution < -0.4 is 0 Å². The van der Waals surface area contributed by atoms with E-state index in [4.69, 9.17) is 34.8 Å². The molecule has 51 heavy (non-hydrogen) atoms. The van der Waals surface area contributed by atoms with Gasteiger partial charge < -0.3 is 0 Å². The lowest BCUT2D eigenvalue weighted by molar-refractivity contribution is -0.118. The predicted molar refractivity (Wildman–Crippen MR) is 207 cm³/mol. The molecule has 0 fully saturated rings. The van der Waals surface area contributed by atoms with E-state index in [9.17, 15) is 9.59 Å². The molecule has 2 aromatic carbocycles. The molecule has 0 bridgehead atoms. The van der Waals surface area contributed by atoms with Gasteiger partial charge in [0.05, 0.1) is 22.4 Å². The van der Waals surface area contributed by atoms with Gasteiger partial charge in [-0.2, -0.15) is 20.2 Å². The number of hydrogen-bond donors (Lipinski definition) is 0. The number of carbonyl (C=O) groups is 2. The third-order valence-corrected chi connectivity index (χ3v) is 9.82. The molecule has 0 radical (unpaired) electrons. The quantitative estimate of drug-likeness (QED) is 0.124. The van der Waals surface area contributed by atoms with Gasteiger partial charge in [-0.15, -0.1) is 0 Å². The minimum absolute atomic E-state index is 0.119. The van der Waals surface area contributed by atoms with Crippen LogP contribution in [0.1, 0.15) is 61.6 Å². The first kappa shape index (κ1) is 37.5. The van der Waals surface area contributed by atoms with Gasteiger partial charge in [0.2, 0.25) is 10.6 Å². The molecule has 0 N–H and O–H groups in total. The molecular formula is C36H33Br2Cl3N8O2. The van der Waals surface area contributed by atoms with E-state index in [-0.39, 0.29) is 16.4 Å². The Kier molecular flexibility index (Phi) is 11.6. The predicted octanol–water partition coefficient (Wildman–Crippen LogP) is 9.06. The van der Waals surface area contributed by atoms with Crippen LogP contribution in [-0.2, 0) is 41.9 Å². The zero-order valence-corrected chi connectivity index (χ0v) is 33.6. The van der Waals surface area contributed by atoms with E-state index in [1.165, 1.54) is 11.1 Å². The molecule has 4 heterocycles. The van der Waals surface area contributed by atoms with Gasteiger partial charge in [-0.25, -0.2) is 9.97 Å². The SMILES string of the molecule is CC(C)Cn1cc2c(C3C(=O)Cc4ccc(Br)cc43)nc(Cl)nc2n1.CC(C)Cn1cc2c(Cl)nc(Cl)nc2n1.O=C1Cc2ccc(Br)cc2C1. The third-order valence-electron chi connectivity index (χ3n) is 8.21. The van der Waals surface area contributed by atoms with Gasteiger partial charge in [-0.3, -0.25) is 19.0 Å². The number of benzene rings is 2. The Bertz CT molecular complexity index is 2290. The first-order valence-electron chi connectivity index (χ1n) is 16.3. The van der Waals surface area contributed by atoms with Crippen molar-refractivity contribution >= 4 is 100 Å². The second-order valence-electron chi connectivity index (χ2n) is 13.4. The summed E-state index contributed by atoms with van der Waals surface area (Å²) in [7, 11) is 0. The lowest BCUT2D eigenvalue weighted by Gasteiger charge is -2.11.